The Morgan fingerprint density at radius 3 is 2.25 bits per heavy atom. The monoisotopic (exact) mass is 173 g/mol. The third kappa shape index (κ3) is 3.55. The second-order valence-electron chi connectivity index (χ2n) is 3.34. The SMILES string of the molecule is CC.CNC1CC(O)CCC1C. The fourth-order valence-electron chi connectivity index (χ4n) is 1.70. The highest BCUT2D eigenvalue weighted by molar-refractivity contribution is 4.81. The number of rotatable bonds is 1. The van der Waals surface area contributed by atoms with Crippen LogP contribution in [0.5, 0.6) is 0 Å². The Balaban J connectivity index is 0.000000561. The first-order valence-corrected chi connectivity index (χ1v) is 5.09. The highest BCUT2D eigenvalue weighted by Gasteiger charge is 2.24. The van der Waals surface area contributed by atoms with Crippen molar-refractivity contribution in [3.05, 3.63) is 0 Å². The zero-order valence-electron chi connectivity index (χ0n) is 8.80. The number of nitrogens with one attached hydrogen (secondary N) is 1. The van der Waals surface area contributed by atoms with Crippen molar-refractivity contribution in [1.29, 1.82) is 0 Å². The largest absolute Gasteiger partial charge is 0.393 e. The lowest BCUT2D eigenvalue weighted by Gasteiger charge is -2.31. The van der Waals surface area contributed by atoms with E-state index in [4.69, 9.17) is 0 Å². The third-order valence-corrected chi connectivity index (χ3v) is 2.54. The minimum atomic E-state index is -0.0614. The molecule has 1 saturated carbocycles. The molecule has 2 N–H and O–H groups in total. The molecular weight excluding hydrogens is 150 g/mol. The topological polar surface area (TPSA) is 32.3 Å². The highest BCUT2D eigenvalue weighted by Crippen LogP contribution is 2.23. The van der Waals surface area contributed by atoms with E-state index in [9.17, 15) is 5.11 Å². The van der Waals surface area contributed by atoms with Gasteiger partial charge in [-0.15, -0.1) is 0 Å². The maximum absolute atomic E-state index is 9.29. The molecule has 0 heterocycles. The van der Waals surface area contributed by atoms with Crippen LogP contribution in [0.3, 0.4) is 0 Å². The van der Waals surface area contributed by atoms with Gasteiger partial charge in [0.2, 0.25) is 0 Å². The van der Waals surface area contributed by atoms with Gasteiger partial charge in [-0.2, -0.15) is 0 Å². The molecule has 3 unspecified atom stereocenters. The quantitative estimate of drug-likeness (QED) is 0.633. The molecule has 1 rings (SSSR count). The molecule has 0 radical (unpaired) electrons. The van der Waals surface area contributed by atoms with Crippen LogP contribution in [0.2, 0.25) is 0 Å². The molecule has 2 heteroatoms. The molecule has 0 spiro atoms. The van der Waals surface area contributed by atoms with Gasteiger partial charge in [0.15, 0.2) is 0 Å². The molecule has 0 amide bonds. The van der Waals surface area contributed by atoms with Crippen LogP contribution in [-0.4, -0.2) is 24.3 Å². The molecule has 0 bridgehead atoms. The smallest absolute Gasteiger partial charge is 0.0555 e. The molecule has 74 valence electrons. The first-order chi connectivity index (χ1) is 5.74. The van der Waals surface area contributed by atoms with Gasteiger partial charge in [-0.3, -0.25) is 0 Å². The van der Waals surface area contributed by atoms with Crippen molar-refractivity contribution < 1.29 is 5.11 Å². The van der Waals surface area contributed by atoms with Crippen molar-refractivity contribution in [2.45, 2.75) is 52.2 Å². The Hall–Kier alpha value is -0.0800. The molecule has 1 aliphatic rings. The Kier molecular flexibility index (Phi) is 6.39. The highest BCUT2D eigenvalue weighted by atomic mass is 16.3. The lowest BCUT2D eigenvalue weighted by atomic mass is 9.84. The van der Waals surface area contributed by atoms with Crippen molar-refractivity contribution in [1.82, 2.24) is 5.32 Å². The fraction of sp³-hybridized carbons (Fsp3) is 1.00. The first kappa shape index (κ1) is 11.9. The van der Waals surface area contributed by atoms with Crippen LogP contribution in [0.15, 0.2) is 0 Å². The predicted molar refractivity (Wildman–Crippen MR) is 53.2 cm³/mol. The molecular formula is C10H23NO. The van der Waals surface area contributed by atoms with E-state index in [0.29, 0.717) is 6.04 Å². The summed E-state index contributed by atoms with van der Waals surface area (Å²) in [4.78, 5) is 0. The van der Waals surface area contributed by atoms with Gasteiger partial charge in [0.05, 0.1) is 6.10 Å². The third-order valence-electron chi connectivity index (χ3n) is 2.54. The summed E-state index contributed by atoms with van der Waals surface area (Å²) in [6.45, 7) is 6.24. The van der Waals surface area contributed by atoms with Gasteiger partial charge in [-0.1, -0.05) is 20.8 Å². The van der Waals surface area contributed by atoms with E-state index in [1.807, 2.05) is 20.9 Å². The number of aliphatic hydroxyl groups excluding tert-OH is 1. The van der Waals surface area contributed by atoms with Crippen molar-refractivity contribution in [2.24, 2.45) is 5.92 Å². The van der Waals surface area contributed by atoms with Crippen molar-refractivity contribution in [2.75, 3.05) is 7.05 Å². The van der Waals surface area contributed by atoms with E-state index in [2.05, 4.69) is 12.2 Å². The summed E-state index contributed by atoms with van der Waals surface area (Å²) in [6, 6.07) is 0.531. The van der Waals surface area contributed by atoms with Crippen LogP contribution < -0.4 is 5.32 Å². The summed E-state index contributed by atoms with van der Waals surface area (Å²) >= 11 is 0. The standard InChI is InChI=1S/C8H17NO.C2H6/c1-6-3-4-7(10)5-8(6)9-2;1-2/h6-10H,3-5H2,1-2H3;1-2H3. The zero-order chi connectivity index (χ0) is 9.56. The number of hydrogen-bond donors (Lipinski definition) is 2. The molecule has 1 aliphatic carbocycles. The maximum atomic E-state index is 9.29. The Morgan fingerprint density at radius 1 is 1.25 bits per heavy atom. The zero-order valence-corrected chi connectivity index (χ0v) is 8.80. The maximum Gasteiger partial charge on any atom is 0.0555 e. The Bertz CT molecular complexity index is 106. The molecule has 3 atom stereocenters. The minimum Gasteiger partial charge on any atom is -0.393 e. The second kappa shape index (κ2) is 6.44. The average molecular weight is 173 g/mol. The van der Waals surface area contributed by atoms with Gasteiger partial charge in [0.25, 0.3) is 0 Å². The van der Waals surface area contributed by atoms with E-state index >= 15 is 0 Å². The molecule has 12 heavy (non-hydrogen) atoms. The summed E-state index contributed by atoms with van der Waals surface area (Å²) in [5, 5.41) is 12.5. The fourth-order valence-corrected chi connectivity index (χ4v) is 1.70. The molecule has 1 fully saturated rings. The first-order valence-electron chi connectivity index (χ1n) is 5.09. The molecule has 0 aromatic heterocycles. The van der Waals surface area contributed by atoms with Gasteiger partial charge in [-0.05, 0) is 32.2 Å². The second-order valence-corrected chi connectivity index (χ2v) is 3.34. The van der Waals surface area contributed by atoms with Crippen LogP contribution >= 0.6 is 0 Å². The van der Waals surface area contributed by atoms with Gasteiger partial charge >= 0.3 is 0 Å². The van der Waals surface area contributed by atoms with Crippen LogP contribution in [0.4, 0.5) is 0 Å². The van der Waals surface area contributed by atoms with E-state index in [1.165, 1.54) is 0 Å². The summed E-state index contributed by atoms with van der Waals surface area (Å²) in [6.07, 6.45) is 3.01. The van der Waals surface area contributed by atoms with E-state index < -0.39 is 0 Å². The summed E-state index contributed by atoms with van der Waals surface area (Å²) in [5.74, 6) is 0.730. The normalized spacial score (nSPS) is 35.2. The van der Waals surface area contributed by atoms with Crippen molar-refractivity contribution in [3.8, 4) is 0 Å². The van der Waals surface area contributed by atoms with Crippen LogP contribution in [0.25, 0.3) is 0 Å². The lowest BCUT2D eigenvalue weighted by Crippen LogP contribution is -2.39. The molecule has 0 aromatic carbocycles. The molecule has 0 aromatic rings. The summed E-state index contributed by atoms with van der Waals surface area (Å²) < 4.78 is 0. The Labute approximate surface area is 76.4 Å². The van der Waals surface area contributed by atoms with Gasteiger partial charge in [-0.25, -0.2) is 0 Å². The summed E-state index contributed by atoms with van der Waals surface area (Å²) in [7, 11) is 1.97. The van der Waals surface area contributed by atoms with Gasteiger partial charge < -0.3 is 10.4 Å². The molecule has 2 nitrogen and oxygen atoms in total. The Morgan fingerprint density at radius 2 is 1.83 bits per heavy atom. The van der Waals surface area contributed by atoms with E-state index in [-0.39, 0.29) is 6.10 Å². The molecule has 0 aliphatic heterocycles. The average Bonchev–Trinajstić information content (AvgIpc) is 2.13. The molecule has 0 saturated heterocycles. The van der Waals surface area contributed by atoms with E-state index in [0.717, 1.165) is 25.2 Å². The van der Waals surface area contributed by atoms with Crippen LogP contribution in [-0.2, 0) is 0 Å². The van der Waals surface area contributed by atoms with Gasteiger partial charge in [0.1, 0.15) is 0 Å². The minimum absolute atomic E-state index is 0.0614. The predicted octanol–water partition coefficient (Wildman–Crippen LogP) is 1.78. The summed E-state index contributed by atoms with van der Waals surface area (Å²) in [5.41, 5.74) is 0. The van der Waals surface area contributed by atoms with Crippen LogP contribution in [0, 0.1) is 5.92 Å². The lowest BCUT2D eigenvalue weighted by molar-refractivity contribution is 0.0912. The van der Waals surface area contributed by atoms with Crippen LogP contribution in [0.1, 0.15) is 40.0 Å². The number of aliphatic hydroxyl groups is 1. The van der Waals surface area contributed by atoms with Gasteiger partial charge in [0, 0.05) is 6.04 Å². The van der Waals surface area contributed by atoms with E-state index in [1.54, 1.807) is 0 Å². The van der Waals surface area contributed by atoms with Crippen molar-refractivity contribution in [3.63, 3.8) is 0 Å². The van der Waals surface area contributed by atoms with Crippen molar-refractivity contribution >= 4 is 0 Å². The number of hydrogen-bond acceptors (Lipinski definition) is 2.